The van der Waals surface area contributed by atoms with E-state index < -0.39 is 51.0 Å². The van der Waals surface area contributed by atoms with Gasteiger partial charge in [0.1, 0.15) is 12.6 Å². The van der Waals surface area contributed by atoms with Crippen molar-refractivity contribution in [2.45, 2.75) is 76.6 Å². The van der Waals surface area contributed by atoms with Crippen molar-refractivity contribution in [1.82, 2.24) is 10.6 Å². The van der Waals surface area contributed by atoms with E-state index in [0.717, 1.165) is 5.56 Å². The molecule has 228 valence electrons. The number of ketones is 1. The van der Waals surface area contributed by atoms with Gasteiger partial charge in [-0.3, -0.25) is 14.1 Å². The quantitative estimate of drug-likeness (QED) is 0.132. The summed E-state index contributed by atoms with van der Waals surface area (Å²) < 4.78 is 39.8. The van der Waals surface area contributed by atoms with Crippen LogP contribution in [0.3, 0.4) is 0 Å². The second-order valence-electron chi connectivity index (χ2n) is 10.9. The molecule has 4 atom stereocenters. The average molecular weight is 616 g/mol. The van der Waals surface area contributed by atoms with Crippen LogP contribution < -0.4 is 45.9 Å². The van der Waals surface area contributed by atoms with Gasteiger partial charge >= 0.3 is 45.8 Å². The van der Waals surface area contributed by atoms with Crippen LogP contribution >= 0.6 is 0 Å². The summed E-state index contributed by atoms with van der Waals surface area (Å²) in [7, 11) is -5.41. The molecule has 0 saturated heterocycles. The normalized spacial score (nSPS) is 15.1. The van der Waals surface area contributed by atoms with E-state index in [-0.39, 0.29) is 68.7 Å². The maximum atomic E-state index is 13.6. The van der Waals surface area contributed by atoms with Gasteiger partial charge in [0.25, 0.3) is 4.93 Å². The molecule has 2 rings (SSSR count). The molecule has 42 heavy (non-hydrogen) atoms. The molecular formula is C29H42N3NaO8S. The van der Waals surface area contributed by atoms with E-state index in [1.54, 1.807) is 82.3 Å². The first-order chi connectivity index (χ1) is 19.1. The first-order valence-corrected chi connectivity index (χ1v) is 14.9. The fraction of sp³-hybridized carbons (Fsp3) is 0.483. The van der Waals surface area contributed by atoms with Crippen molar-refractivity contribution >= 4 is 27.9 Å². The molecule has 0 heterocycles. The molecule has 11 nitrogen and oxygen atoms in total. The van der Waals surface area contributed by atoms with Crippen LogP contribution in [0.1, 0.15) is 53.1 Å². The fourth-order valence-corrected chi connectivity index (χ4v) is 5.24. The van der Waals surface area contributed by atoms with Gasteiger partial charge in [0.15, 0.2) is 0 Å². The molecule has 2 aromatic rings. The van der Waals surface area contributed by atoms with Crippen LogP contribution in [-0.4, -0.2) is 58.9 Å². The maximum Gasteiger partial charge on any atom is 1.00 e. The molecule has 2 unspecified atom stereocenters. The van der Waals surface area contributed by atoms with Crippen molar-refractivity contribution < 1.29 is 68.2 Å². The minimum absolute atomic E-state index is 0. The Morgan fingerprint density at radius 3 is 1.86 bits per heavy atom. The third kappa shape index (κ3) is 11.1. The van der Waals surface area contributed by atoms with Crippen molar-refractivity contribution in [2.75, 3.05) is 0 Å². The number of benzene rings is 2. The van der Waals surface area contributed by atoms with Gasteiger partial charge in [-0.15, -0.1) is 0 Å². The molecule has 0 spiro atoms. The summed E-state index contributed by atoms with van der Waals surface area (Å²) in [4.78, 5) is 36.4. The molecule has 0 radical (unpaired) electrons. The molecule has 6 N–H and O–H groups in total. The number of nitrogens with one attached hydrogen (secondary N) is 2. The van der Waals surface area contributed by atoms with Crippen molar-refractivity contribution in [1.29, 1.82) is 0 Å². The number of carbonyl (C=O) groups excluding carboxylic acids is 3. The largest absolute Gasteiger partial charge is 1.00 e. The van der Waals surface area contributed by atoms with Crippen molar-refractivity contribution in [2.24, 2.45) is 17.6 Å². The first-order valence-electron chi connectivity index (χ1n) is 13.5. The van der Waals surface area contributed by atoms with Crippen LogP contribution in [0, 0.1) is 11.8 Å². The molecule has 0 bridgehead atoms. The van der Waals surface area contributed by atoms with Gasteiger partial charge in [-0.05, 0) is 35.8 Å². The van der Waals surface area contributed by atoms with Crippen molar-refractivity contribution in [3.05, 3.63) is 71.8 Å². The van der Waals surface area contributed by atoms with E-state index in [1.807, 2.05) is 6.07 Å². The summed E-state index contributed by atoms with van der Waals surface area (Å²) in [5.74, 6) is -2.64. The summed E-state index contributed by atoms with van der Waals surface area (Å²) in [6.07, 6.45) is -1.04. The van der Waals surface area contributed by atoms with Crippen LogP contribution in [0.25, 0.3) is 0 Å². The summed E-state index contributed by atoms with van der Waals surface area (Å²) in [5.41, 5.74) is 7.38. The maximum absolute atomic E-state index is 13.6. The van der Waals surface area contributed by atoms with E-state index in [2.05, 4.69) is 10.6 Å². The number of ether oxygens (including phenoxy) is 1. The number of aliphatic hydroxyl groups is 1. The van der Waals surface area contributed by atoms with Gasteiger partial charge in [0.2, 0.25) is 11.7 Å². The Hall–Kier alpha value is -2.32. The summed E-state index contributed by atoms with van der Waals surface area (Å²) in [5, 5.41) is 16.1. The van der Waals surface area contributed by atoms with Crippen LogP contribution in [0.5, 0.6) is 0 Å². The zero-order chi connectivity index (χ0) is 30.8. The Balaban J connectivity index is 0.00000882. The fourth-order valence-electron chi connectivity index (χ4n) is 4.36. The van der Waals surface area contributed by atoms with Crippen LogP contribution in [0.15, 0.2) is 60.7 Å². The molecule has 0 fully saturated rings. The standard InChI is InChI=1S/C29H41N3O8S.Na.H/c1-19(2)15-23(26(33)29(36,41(37,38)39)25(30)16-20(3)4)31-27(34)24(17-21-11-7-5-8-12-21)32-28(35)40-18-22-13-9-6-10-14-22;;/h5-14,19-20,23-25,36H,15-18,30H2,1-4H3,(H,31,34)(H,32,35)(H,37,38,39);;/q;+1;-1/t23-,24-,25?,29?;;/m0../s1. The summed E-state index contributed by atoms with van der Waals surface area (Å²) in [6, 6.07) is 13.3. The molecule has 13 heteroatoms. The predicted molar refractivity (Wildman–Crippen MR) is 155 cm³/mol. The molecule has 2 amide bonds. The molecule has 0 aliphatic rings. The zero-order valence-corrected chi connectivity index (χ0v) is 27.6. The van der Waals surface area contributed by atoms with Gasteiger partial charge in [-0.2, -0.15) is 8.42 Å². The van der Waals surface area contributed by atoms with E-state index in [9.17, 15) is 32.5 Å². The van der Waals surface area contributed by atoms with Gasteiger partial charge in [0.05, 0.1) is 12.1 Å². The number of hydrogen-bond acceptors (Lipinski definition) is 8. The number of carbonyl (C=O) groups is 3. The molecule has 0 aliphatic heterocycles. The summed E-state index contributed by atoms with van der Waals surface area (Å²) >= 11 is 0. The van der Waals surface area contributed by atoms with Gasteiger partial charge in [-0.1, -0.05) is 88.4 Å². The Labute approximate surface area is 271 Å². The molecule has 2 aromatic carbocycles. The van der Waals surface area contributed by atoms with Crippen molar-refractivity contribution in [3.63, 3.8) is 0 Å². The SMILES string of the molecule is CC(C)CC(N)C(O)(C(=O)[C@H](CC(C)C)NC(=O)[C@H](Cc1ccccc1)NC(=O)OCc1ccccc1)S(=O)(=O)O.[H-].[Na+]. The van der Waals surface area contributed by atoms with Crippen LogP contribution in [0.4, 0.5) is 4.79 Å². The Morgan fingerprint density at radius 1 is 0.881 bits per heavy atom. The second-order valence-corrected chi connectivity index (χ2v) is 12.5. The topological polar surface area (TPSA) is 185 Å². The number of rotatable bonds is 15. The van der Waals surface area contributed by atoms with Gasteiger partial charge < -0.3 is 27.6 Å². The zero-order valence-electron chi connectivity index (χ0n) is 25.8. The number of nitrogens with two attached hydrogens (primary N) is 1. The average Bonchev–Trinajstić information content (AvgIpc) is 2.90. The Morgan fingerprint density at radius 2 is 1.38 bits per heavy atom. The number of Topliss-reactive ketones (excluding diaryl/α,β-unsaturated/α-hetero) is 1. The minimum atomic E-state index is -5.41. The smallest absolute Gasteiger partial charge is 1.00 e. The van der Waals surface area contributed by atoms with Crippen LogP contribution in [-0.2, 0) is 37.5 Å². The second kappa shape index (κ2) is 17.1. The molecular weight excluding hydrogens is 573 g/mol. The van der Waals surface area contributed by atoms with E-state index in [1.165, 1.54) is 0 Å². The molecule has 0 aliphatic carbocycles. The molecule has 0 saturated carbocycles. The number of hydrogen-bond donors (Lipinski definition) is 5. The van der Waals surface area contributed by atoms with E-state index in [4.69, 9.17) is 10.5 Å². The summed E-state index contributed by atoms with van der Waals surface area (Å²) in [6.45, 7) is 6.83. The third-order valence-corrected chi connectivity index (χ3v) is 7.71. The number of alkyl carbamates (subject to hydrolysis) is 1. The number of amides is 2. The minimum Gasteiger partial charge on any atom is -1.00 e. The van der Waals surface area contributed by atoms with E-state index >= 15 is 0 Å². The Kier molecular flexibility index (Phi) is 15.3. The first kappa shape index (κ1) is 37.7. The Bertz CT molecular complexity index is 1270. The molecule has 0 aromatic heterocycles. The monoisotopic (exact) mass is 615 g/mol. The third-order valence-electron chi connectivity index (χ3n) is 6.42. The van der Waals surface area contributed by atoms with Gasteiger partial charge in [0, 0.05) is 6.42 Å². The predicted octanol–water partition coefficient (Wildman–Crippen LogP) is -0.310. The van der Waals surface area contributed by atoms with E-state index in [0.29, 0.717) is 5.56 Å². The van der Waals surface area contributed by atoms with Crippen molar-refractivity contribution in [3.8, 4) is 0 Å². The van der Waals surface area contributed by atoms with Gasteiger partial charge in [-0.25, -0.2) is 4.79 Å². The van der Waals surface area contributed by atoms with Crippen LogP contribution in [0.2, 0.25) is 0 Å².